The van der Waals surface area contributed by atoms with Crippen molar-refractivity contribution < 1.29 is 23.6 Å². The molecule has 3 rings (SSSR count). The summed E-state index contributed by atoms with van der Waals surface area (Å²) >= 11 is 0. The summed E-state index contributed by atoms with van der Waals surface area (Å²) in [7, 11) is 0. The number of aromatic nitrogens is 1. The van der Waals surface area contributed by atoms with Gasteiger partial charge in [0, 0.05) is 18.7 Å². The SMILES string of the molecule is Cc1cc(CC(=O)N2CCOC3(COCC(=O)N(C(C)C)C3)C2)on1. The fraction of sp³-hybridized carbons (Fsp3) is 0.706. The number of hydrogen-bond donors (Lipinski definition) is 0. The van der Waals surface area contributed by atoms with Gasteiger partial charge in [0.15, 0.2) is 0 Å². The Morgan fingerprint density at radius 1 is 1.40 bits per heavy atom. The van der Waals surface area contributed by atoms with E-state index in [0.717, 1.165) is 5.69 Å². The van der Waals surface area contributed by atoms with Crippen molar-refractivity contribution in [1.29, 1.82) is 0 Å². The molecule has 0 aromatic carbocycles. The minimum Gasteiger partial charge on any atom is -0.368 e. The van der Waals surface area contributed by atoms with Crippen LogP contribution in [-0.4, -0.2) is 77.9 Å². The molecular weight excluding hydrogens is 326 g/mol. The van der Waals surface area contributed by atoms with Crippen molar-refractivity contribution in [3.8, 4) is 0 Å². The van der Waals surface area contributed by atoms with Crippen LogP contribution in [0.25, 0.3) is 0 Å². The maximum Gasteiger partial charge on any atom is 0.248 e. The maximum absolute atomic E-state index is 12.6. The van der Waals surface area contributed by atoms with Crippen LogP contribution in [0.15, 0.2) is 10.6 Å². The van der Waals surface area contributed by atoms with Gasteiger partial charge in [0.2, 0.25) is 11.8 Å². The second-order valence-electron chi connectivity index (χ2n) is 7.07. The van der Waals surface area contributed by atoms with E-state index in [9.17, 15) is 9.59 Å². The number of morpholine rings is 1. The zero-order valence-electron chi connectivity index (χ0n) is 15.0. The van der Waals surface area contributed by atoms with Crippen LogP contribution in [0, 0.1) is 6.92 Å². The predicted molar refractivity (Wildman–Crippen MR) is 87.9 cm³/mol. The lowest BCUT2D eigenvalue weighted by Gasteiger charge is -2.44. The van der Waals surface area contributed by atoms with Gasteiger partial charge in [-0.1, -0.05) is 5.16 Å². The highest BCUT2D eigenvalue weighted by atomic mass is 16.5. The van der Waals surface area contributed by atoms with E-state index < -0.39 is 5.60 Å². The van der Waals surface area contributed by atoms with Crippen molar-refractivity contribution >= 4 is 11.8 Å². The van der Waals surface area contributed by atoms with Gasteiger partial charge < -0.3 is 23.8 Å². The van der Waals surface area contributed by atoms with Gasteiger partial charge in [-0.05, 0) is 20.8 Å². The molecule has 0 saturated carbocycles. The van der Waals surface area contributed by atoms with E-state index in [4.69, 9.17) is 14.0 Å². The van der Waals surface area contributed by atoms with E-state index in [0.29, 0.717) is 38.6 Å². The number of ether oxygens (including phenoxy) is 2. The summed E-state index contributed by atoms with van der Waals surface area (Å²) in [5, 5.41) is 3.81. The molecule has 0 bridgehead atoms. The molecule has 1 aromatic heterocycles. The molecule has 138 valence electrons. The van der Waals surface area contributed by atoms with Crippen molar-refractivity contribution in [3.05, 3.63) is 17.5 Å². The lowest BCUT2D eigenvalue weighted by molar-refractivity contribution is -0.162. The van der Waals surface area contributed by atoms with Gasteiger partial charge in [-0.2, -0.15) is 0 Å². The Labute approximate surface area is 147 Å². The molecule has 3 heterocycles. The van der Waals surface area contributed by atoms with Gasteiger partial charge in [-0.3, -0.25) is 9.59 Å². The zero-order chi connectivity index (χ0) is 18.0. The summed E-state index contributed by atoms with van der Waals surface area (Å²) in [4.78, 5) is 28.3. The van der Waals surface area contributed by atoms with Crippen LogP contribution in [0.1, 0.15) is 25.3 Å². The summed E-state index contributed by atoms with van der Waals surface area (Å²) < 4.78 is 16.7. The van der Waals surface area contributed by atoms with Crippen molar-refractivity contribution in [3.63, 3.8) is 0 Å². The van der Waals surface area contributed by atoms with Crippen molar-refractivity contribution in [1.82, 2.24) is 15.0 Å². The molecule has 8 nitrogen and oxygen atoms in total. The van der Waals surface area contributed by atoms with E-state index in [-0.39, 0.29) is 30.9 Å². The Kier molecular flexibility index (Phi) is 5.10. The highest BCUT2D eigenvalue weighted by Gasteiger charge is 2.43. The largest absolute Gasteiger partial charge is 0.368 e. The molecule has 0 N–H and O–H groups in total. The van der Waals surface area contributed by atoms with E-state index in [1.54, 1.807) is 15.9 Å². The zero-order valence-corrected chi connectivity index (χ0v) is 15.0. The standard InChI is InChI=1S/C17H25N3O5/c1-12(2)20-10-17(11-23-8-16(20)22)9-19(4-5-24-17)15(21)7-14-6-13(3)18-25-14/h6,12H,4-5,7-11H2,1-3H3. The molecule has 2 fully saturated rings. The molecule has 2 aliphatic heterocycles. The quantitative estimate of drug-likeness (QED) is 0.783. The average Bonchev–Trinajstić information content (AvgIpc) is 2.90. The monoisotopic (exact) mass is 351 g/mol. The number of nitrogens with zero attached hydrogens (tertiary/aromatic N) is 3. The molecule has 2 aliphatic rings. The van der Waals surface area contributed by atoms with Crippen LogP contribution < -0.4 is 0 Å². The lowest BCUT2D eigenvalue weighted by Crippen LogP contribution is -2.61. The molecule has 1 aromatic rings. The van der Waals surface area contributed by atoms with Crippen LogP contribution in [0.3, 0.4) is 0 Å². The van der Waals surface area contributed by atoms with E-state index in [2.05, 4.69) is 5.16 Å². The third kappa shape index (κ3) is 4.01. The first-order valence-electron chi connectivity index (χ1n) is 8.60. The molecule has 25 heavy (non-hydrogen) atoms. The highest BCUT2D eigenvalue weighted by Crippen LogP contribution is 2.24. The topological polar surface area (TPSA) is 85.1 Å². The Bertz CT molecular complexity index is 644. The fourth-order valence-corrected chi connectivity index (χ4v) is 3.32. The maximum atomic E-state index is 12.6. The van der Waals surface area contributed by atoms with Gasteiger partial charge >= 0.3 is 0 Å². The molecule has 2 saturated heterocycles. The summed E-state index contributed by atoms with van der Waals surface area (Å²) in [5.41, 5.74) is 0.0753. The Morgan fingerprint density at radius 3 is 2.88 bits per heavy atom. The highest BCUT2D eigenvalue weighted by molar-refractivity contribution is 5.79. The first kappa shape index (κ1) is 17.9. The van der Waals surface area contributed by atoms with Crippen LogP contribution in [-0.2, 0) is 25.5 Å². The Hall–Kier alpha value is -1.93. The van der Waals surface area contributed by atoms with E-state index in [1.165, 1.54) is 0 Å². The Balaban J connectivity index is 1.70. The summed E-state index contributed by atoms with van der Waals surface area (Å²) in [6, 6.07) is 1.82. The van der Waals surface area contributed by atoms with Gasteiger partial charge in [-0.15, -0.1) is 0 Å². The van der Waals surface area contributed by atoms with Crippen molar-refractivity contribution in [2.75, 3.05) is 39.5 Å². The molecule has 1 atom stereocenters. The fourth-order valence-electron chi connectivity index (χ4n) is 3.32. The number of amides is 2. The number of aryl methyl sites for hydroxylation is 1. The van der Waals surface area contributed by atoms with Crippen LogP contribution in [0.4, 0.5) is 0 Å². The first-order chi connectivity index (χ1) is 11.9. The molecule has 2 amide bonds. The molecule has 8 heteroatoms. The first-order valence-corrected chi connectivity index (χ1v) is 8.60. The second-order valence-corrected chi connectivity index (χ2v) is 7.07. The van der Waals surface area contributed by atoms with E-state index in [1.807, 2.05) is 20.8 Å². The van der Waals surface area contributed by atoms with Gasteiger partial charge in [-0.25, -0.2) is 0 Å². The minimum absolute atomic E-state index is 0.0366. The van der Waals surface area contributed by atoms with E-state index >= 15 is 0 Å². The molecule has 1 unspecified atom stereocenters. The molecular formula is C17H25N3O5. The van der Waals surface area contributed by atoms with Crippen LogP contribution in [0.2, 0.25) is 0 Å². The number of carbonyl (C=O) groups is 2. The molecule has 0 aliphatic carbocycles. The third-order valence-corrected chi connectivity index (χ3v) is 4.60. The lowest BCUT2D eigenvalue weighted by atomic mass is 10.0. The van der Waals surface area contributed by atoms with Gasteiger partial charge in [0.25, 0.3) is 0 Å². The minimum atomic E-state index is -0.679. The third-order valence-electron chi connectivity index (χ3n) is 4.60. The molecule has 1 spiro atoms. The van der Waals surface area contributed by atoms with Crippen molar-refractivity contribution in [2.45, 2.75) is 38.8 Å². The normalized spacial score (nSPS) is 24.9. The van der Waals surface area contributed by atoms with Gasteiger partial charge in [0.1, 0.15) is 18.0 Å². The second kappa shape index (κ2) is 7.13. The summed E-state index contributed by atoms with van der Waals surface area (Å²) in [6.45, 7) is 7.87. The summed E-state index contributed by atoms with van der Waals surface area (Å²) in [6.07, 6.45) is 0.171. The van der Waals surface area contributed by atoms with Crippen molar-refractivity contribution in [2.24, 2.45) is 0 Å². The van der Waals surface area contributed by atoms with Crippen LogP contribution in [0.5, 0.6) is 0 Å². The Morgan fingerprint density at radius 2 is 2.20 bits per heavy atom. The van der Waals surface area contributed by atoms with Crippen LogP contribution >= 0.6 is 0 Å². The number of carbonyl (C=O) groups excluding carboxylic acids is 2. The molecule has 0 radical (unpaired) electrons. The predicted octanol–water partition coefficient (Wildman–Crippen LogP) is 0.390. The average molecular weight is 351 g/mol. The summed E-state index contributed by atoms with van der Waals surface area (Å²) in [5.74, 6) is 0.473. The van der Waals surface area contributed by atoms with Gasteiger partial charge in [0.05, 0.1) is 38.4 Å². The smallest absolute Gasteiger partial charge is 0.248 e. The number of hydrogen-bond acceptors (Lipinski definition) is 6. The number of rotatable bonds is 3.